The minimum atomic E-state index is 0.366. The molecule has 1 fully saturated rings. The lowest BCUT2D eigenvalue weighted by Gasteiger charge is -2.27. The molecule has 0 bridgehead atoms. The normalized spacial score (nSPS) is 17.2. The second kappa shape index (κ2) is 6.49. The first kappa shape index (κ1) is 15.5. The molecular weight excluding hydrogens is 344 g/mol. The Kier molecular flexibility index (Phi) is 3.86. The smallest absolute Gasteiger partial charge is 0.162 e. The van der Waals surface area contributed by atoms with Crippen molar-refractivity contribution in [1.29, 1.82) is 0 Å². The van der Waals surface area contributed by atoms with Crippen molar-refractivity contribution in [3.8, 4) is 11.4 Å². The Morgan fingerprint density at radius 3 is 2.96 bits per heavy atom. The van der Waals surface area contributed by atoms with Gasteiger partial charge in [0, 0.05) is 22.9 Å². The van der Waals surface area contributed by atoms with E-state index in [0.717, 1.165) is 54.0 Å². The fourth-order valence-corrected chi connectivity index (χ4v) is 4.28. The van der Waals surface area contributed by atoms with Crippen molar-refractivity contribution in [2.45, 2.75) is 25.4 Å². The standard InChI is InChI=1S/C19H18N6S/c1-2-6-17-16(5-1)19(23-18(22-17)14-7-9-26-11-14)25-8-3-4-15(25)10-24-13-20-12-21-24/h1-2,5-7,9,11-13,15H,3-4,8,10H2/t15-/m1/s1. The Morgan fingerprint density at radius 2 is 2.12 bits per heavy atom. The van der Waals surface area contributed by atoms with Crippen molar-refractivity contribution in [2.75, 3.05) is 11.4 Å². The molecule has 1 aliphatic heterocycles. The Hall–Kier alpha value is -2.80. The molecule has 5 rings (SSSR count). The van der Waals surface area contributed by atoms with Gasteiger partial charge in [0.05, 0.1) is 18.1 Å². The first-order valence-corrected chi connectivity index (χ1v) is 9.71. The second-order valence-electron chi connectivity index (χ2n) is 6.51. The quantitative estimate of drug-likeness (QED) is 0.555. The third-order valence-electron chi connectivity index (χ3n) is 4.88. The molecule has 4 aromatic rings. The summed E-state index contributed by atoms with van der Waals surface area (Å²) in [6.45, 7) is 1.83. The predicted octanol–water partition coefficient (Wildman–Crippen LogP) is 3.62. The van der Waals surface area contributed by atoms with Crippen molar-refractivity contribution < 1.29 is 0 Å². The molecule has 130 valence electrons. The van der Waals surface area contributed by atoms with Gasteiger partial charge in [-0.1, -0.05) is 12.1 Å². The number of fused-ring (bicyclic) bond motifs is 1. The lowest BCUT2D eigenvalue weighted by molar-refractivity contribution is 0.507. The summed E-state index contributed by atoms with van der Waals surface area (Å²) in [6.07, 6.45) is 5.66. The second-order valence-corrected chi connectivity index (χ2v) is 7.29. The monoisotopic (exact) mass is 362 g/mol. The summed E-state index contributed by atoms with van der Waals surface area (Å²) >= 11 is 1.67. The third-order valence-corrected chi connectivity index (χ3v) is 5.56. The molecule has 0 amide bonds. The number of anilines is 1. The molecule has 0 N–H and O–H groups in total. The van der Waals surface area contributed by atoms with E-state index in [9.17, 15) is 0 Å². The Morgan fingerprint density at radius 1 is 1.15 bits per heavy atom. The van der Waals surface area contributed by atoms with E-state index in [4.69, 9.17) is 9.97 Å². The first-order chi connectivity index (χ1) is 12.9. The lowest BCUT2D eigenvalue weighted by Crippen LogP contribution is -2.34. The molecule has 4 heterocycles. The van der Waals surface area contributed by atoms with Crippen molar-refractivity contribution in [1.82, 2.24) is 24.7 Å². The fraction of sp³-hybridized carbons (Fsp3) is 0.263. The predicted molar refractivity (Wildman–Crippen MR) is 103 cm³/mol. The molecule has 7 heteroatoms. The maximum Gasteiger partial charge on any atom is 0.162 e. The van der Waals surface area contributed by atoms with Crippen LogP contribution >= 0.6 is 11.3 Å². The Bertz CT molecular complexity index is 1010. The molecule has 1 saturated heterocycles. The van der Waals surface area contributed by atoms with Gasteiger partial charge in [0.15, 0.2) is 5.82 Å². The molecule has 0 aliphatic carbocycles. The van der Waals surface area contributed by atoms with Gasteiger partial charge in [-0.2, -0.15) is 16.4 Å². The number of aromatic nitrogens is 5. The van der Waals surface area contributed by atoms with Crippen molar-refractivity contribution in [3.05, 3.63) is 53.7 Å². The van der Waals surface area contributed by atoms with E-state index < -0.39 is 0 Å². The van der Waals surface area contributed by atoms with Gasteiger partial charge in [0.25, 0.3) is 0 Å². The van der Waals surface area contributed by atoms with Gasteiger partial charge < -0.3 is 4.90 Å². The van der Waals surface area contributed by atoms with E-state index >= 15 is 0 Å². The van der Waals surface area contributed by atoms with Gasteiger partial charge in [-0.15, -0.1) is 0 Å². The van der Waals surface area contributed by atoms with Gasteiger partial charge in [-0.25, -0.2) is 15.0 Å². The summed E-state index contributed by atoms with van der Waals surface area (Å²) in [7, 11) is 0. The van der Waals surface area contributed by atoms with Crippen LogP contribution in [0.15, 0.2) is 53.7 Å². The molecule has 26 heavy (non-hydrogen) atoms. The van der Waals surface area contributed by atoms with Gasteiger partial charge in [0.1, 0.15) is 18.5 Å². The summed E-state index contributed by atoms with van der Waals surface area (Å²) in [4.78, 5) is 16.3. The average molecular weight is 362 g/mol. The number of para-hydroxylation sites is 1. The largest absolute Gasteiger partial charge is 0.351 e. The summed E-state index contributed by atoms with van der Waals surface area (Å²) in [5, 5.41) is 9.55. The highest BCUT2D eigenvalue weighted by Crippen LogP contribution is 2.33. The summed E-state index contributed by atoms with van der Waals surface area (Å²) in [5.41, 5.74) is 2.07. The van der Waals surface area contributed by atoms with Gasteiger partial charge in [-0.3, -0.25) is 4.68 Å². The number of hydrogen-bond donors (Lipinski definition) is 0. The van der Waals surface area contributed by atoms with Gasteiger partial charge in [-0.05, 0) is 36.4 Å². The van der Waals surface area contributed by atoms with E-state index in [1.54, 1.807) is 24.0 Å². The zero-order chi connectivity index (χ0) is 17.3. The minimum absolute atomic E-state index is 0.366. The molecule has 0 unspecified atom stereocenters. The van der Waals surface area contributed by atoms with E-state index in [1.165, 1.54) is 0 Å². The molecule has 0 radical (unpaired) electrons. The topological polar surface area (TPSA) is 59.7 Å². The SMILES string of the molecule is c1ccc2c(N3CCC[C@@H]3Cn3cncn3)nc(-c3ccsc3)nc2c1. The van der Waals surface area contributed by atoms with Crippen LogP contribution < -0.4 is 4.90 Å². The molecule has 1 aliphatic rings. The van der Waals surface area contributed by atoms with Crippen molar-refractivity contribution in [2.24, 2.45) is 0 Å². The molecule has 1 aromatic carbocycles. The van der Waals surface area contributed by atoms with Crippen LogP contribution in [0.3, 0.4) is 0 Å². The zero-order valence-corrected chi connectivity index (χ0v) is 15.0. The highest BCUT2D eigenvalue weighted by atomic mass is 32.1. The van der Waals surface area contributed by atoms with Crippen LogP contribution in [0.25, 0.3) is 22.3 Å². The van der Waals surface area contributed by atoms with Gasteiger partial charge >= 0.3 is 0 Å². The number of nitrogens with zero attached hydrogens (tertiary/aromatic N) is 6. The minimum Gasteiger partial charge on any atom is -0.351 e. The summed E-state index contributed by atoms with van der Waals surface area (Å²) in [5.74, 6) is 1.82. The Labute approximate surface area is 155 Å². The van der Waals surface area contributed by atoms with Crippen molar-refractivity contribution in [3.63, 3.8) is 0 Å². The van der Waals surface area contributed by atoms with Crippen LogP contribution in [-0.2, 0) is 6.54 Å². The lowest BCUT2D eigenvalue weighted by atomic mass is 10.2. The van der Waals surface area contributed by atoms with Crippen LogP contribution in [-0.4, -0.2) is 37.3 Å². The number of rotatable bonds is 4. The van der Waals surface area contributed by atoms with Crippen LogP contribution in [0.5, 0.6) is 0 Å². The Balaban J connectivity index is 1.60. The third kappa shape index (κ3) is 2.74. The number of hydrogen-bond acceptors (Lipinski definition) is 6. The van der Waals surface area contributed by atoms with E-state index in [0.29, 0.717) is 6.04 Å². The van der Waals surface area contributed by atoms with Crippen LogP contribution in [0.1, 0.15) is 12.8 Å². The van der Waals surface area contributed by atoms with Crippen molar-refractivity contribution >= 4 is 28.1 Å². The van der Waals surface area contributed by atoms with E-state index in [2.05, 4.69) is 50.0 Å². The van der Waals surface area contributed by atoms with Crippen LogP contribution in [0.2, 0.25) is 0 Å². The maximum absolute atomic E-state index is 4.98. The van der Waals surface area contributed by atoms with Crippen LogP contribution in [0.4, 0.5) is 5.82 Å². The average Bonchev–Trinajstić information content (AvgIpc) is 3.44. The van der Waals surface area contributed by atoms with Crippen LogP contribution in [0, 0.1) is 0 Å². The molecule has 3 aromatic heterocycles. The maximum atomic E-state index is 4.98. The fourth-order valence-electron chi connectivity index (χ4n) is 3.65. The number of benzene rings is 1. The molecule has 6 nitrogen and oxygen atoms in total. The van der Waals surface area contributed by atoms with Gasteiger partial charge in [0.2, 0.25) is 0 Å². The molecular formula is C19H18N6S. The molecule has 1 atom stereocenters. The first-order valence-electron chi connectivity index (χ1n) is 8.77. The van der Waals surface area contributed by atoms with E-state index in [1.807, 2.05) is 10.7 Å². The summed E-state index contributed by atoms with van der Waals surface area (Å²) < 4.78 is 1.91. The number of thiophene rings is 1. The molecule has 0 spiro atoms. The molecule has 0 saturated carbocycles. The summed E-state index contributed by atoms with van der Waals surface area (Å²) in [6, 6.07) is 10.7. The zero-order valence-electron chi connectivity index (χ0n) is 14.2. The highest BCUT2D eigenvalue weighted by Gasteiger charge is 2.28. The van der Waals surface area contributed by atoms with E-state index in [-0.39, 0.29) is 0 Å². The highest BCUT2D eigenvalue weighted by molar-refractivity contribution is 7.08.